The van der Waals surface area contributed by atoms with Crippen molar-refractivity contribution in [2.75, 3.05) is 13.2 Å². The fourth-order valence-corrected chi connectivity index (χ4v) is 5.47. The number of benzene rings is 1. The van der Waals surface area contributed by atoms with Gasteiger partial charge in [-0.05, 0) is 28.7 Å². The van der Waals surface area contributed by atoms with Crippen LogP contribution in [0.1, 0.15) is 44.6 Å². The molecule has 2 saturated heterocycles. The number of tetrazole rings is 1. The predicted molar refractivity (Wildman–Crippen MR) is 111 cm³/mol. The molecule has 10 nitrogen and oxygen atoms in total. The molecular formula is C22H27N5O5. The largest absolute Gasteiger partial charge is 0.481 e. The standard InChI is InChI=1S/C22H27N5O5/c28-17(10-22(11-18(29)30)8-4-5-9-22)23-15-12-31-20-16(13-32-19(15)20)27-21(24-25-26-27)14-6-2-1-3-7-14/h1-3,6-7,15-16,19-20H,4-5,8-13H2,(H,23,28)(H,29,30). The summed E-state index contributed by atoms with van der Waals surface area (Å²) in [5, 5.41) is 24.5. The second kappa shape index (κ2) is 8.59. The van der Waals surface area contributed by atoms with Crippen molar-refractivity contribution in [3.05, 3.63) is 30.3 Å². The average molecular weight is 441 g/mol. The van der Waals surface area contributed by atoms with Crippen LogP contribution in [0.4, 0.5) is 0 Å². The van der Waals surface area contributed by atoms with Crippen molar-refractivity contribution < 1.29 is 24.2 Å². The molecule has 32 heavy (non-hydrogen) atoms. The quantitative estimate of drug-likeness (QED) is 0.663. The Morgan fingerprint density at radius 3 is 2.59 bits per heavy atom. The molecule has 10 heteroatoms. The number of rotatable bonds is 7. The number of amides is 1. The number of aromatic nitrogens is 4. The van der Waals surface area contributed by atoms with Gasteiger partial charge >= 0.3 is 5.97 Å². The molecule has 0 bridgehead atoms. The Bertz CT molecular complexity index is 974. The lowest BCUT2D eigenvalue weighted by Gasteiger charge is -2.27. The van der Waals surface area contributed by atoms with Crippen LogP contribution < -0.4 is 5.32 Å². The first kappa shape index (κ1) is 21.0. The summed E-state index contributed by atoms with van der Waals surface area (Å²) in [7, 11) is 0. The molecule has 1 saturated carbocycles. The van der Waals surface area contributed by atoms with E-state index in [0.29, 0.717) is 19.0 Å². The van der Waals surface area contributed by atoms with Gasteiger partial charge in [-0.25, -0.2) is 4.68 Å². The molecule has 4 unspecified atom stereocenters. The number of carboxylic acid groups (broad SMARTS) is 1. The van der Waals surface area contributed by atoms with Gasteiger partial charge in [0.15, 0.2) is 5.82 Å². The highest BCUT2D eigenvalue weighted by atomic mass is 16.6. The van der Waals surface area contributed by atoms with Crippen LogP contribution >= 0.6 is 0 Å². The van der Waals surface area contributed by atoms with Gasteiger partial charge in [0.05, 0.1) is 25.7 Å². The molecule has 1 amide bonds. The summed E-state index contributed by atoms with van der Waals surface area (Å²) in [6.07, 6.45) is 3.19. The number of nitrogens with one attached hydrogen (secondary N) is 1. The molecule has 3 heterocycles. The summed E-state index contributed by atoms with van der Waals surface area (Å²) in [4.78, 5) is 24.2. The lowest BCUT2D eigenvalue weighted by molar-refractivity contribution is -0.140. The highest BCUT2D eigenvalue weighted by molar-refractivity contribution is 5.78. The van der Waals surface area contributed by atoms with Crippen LogP contribution in [0, 0.1) is 5.41 Å². The van der Waals surface area contributed by atoms with E-state index < -0.39 is 11.4 Å². The van der Waals surface area contributed by atoms with Gasteiger partial charge in [-0.1, -0.05) is 43.2 Å². The minimum Gasteiger partial charge on any atom is -0.481 e. The third-order valence-corrected chi connectivity index (χ3v) is 6.94. The highest BCUT2D eigenvalue weighted by Crippen LogP contribution is 2.44. The van der Waals surface area contributed by atoms with E-state index in [-0.39, 0.29) is 43.0 Å². The zero-order chi connectivity index (χ0) is 22.1. The normalized spacial score (nSPS) is 28.5. The van der Waals surface area contributed by atoms with E-state index >= 15 is 0 Å². The summed E-state index contributed by atoms with van der Waals surface area (Å²) in [6, 6.07) is 9.22. The molecule has 0 radical (unpaired) electrons. The second-order valence-electron chi connectivity index (χ2n) is 9.10. The zero-order valence-corrected chi connectivity index (χ0v) is 17.7. The van der Waals surface area contributed by atoms with Crippen LogP contribution in [-0.2, 0) is 19.1 Å². The van der Waals surface area contributed by atoms with Crippen LogP contribution in [0.5, 0.6) is 0 Å². The third-order valence-electron chi connectivity index (χ3n) is 6.94. The van der Waals surface area contributed by atoms with Crippen molar-refractivity contribution in [3.8, 4) is 11.4 Å². The van der Waals surface area contributed by atoms with Crippen molar-refractivity contribution in [3.63, 3.8) is 0 Å². The number of aliphatic carboxylic acids is 1. The van der Waals surface area contributed by atoms with Crippen molar-refractivity contribution in [2.45, 2.75) is 62.8 Å². The molecule has 3 aliphatic rings. The predicted octanol–water partition coefficient (Wildman–Crippen LogP) is 1.59. The van der Waals surface area contributed by atoms with E-state index in [1.165, 1.54) is 0 Å². The first-order valence-electron chi connectivity index (χ1n) is 11.1. The minimum absolute atomic E-state index is 0.0355. The second-order valence-corrected chi connectivity index (χ2v) is 9.10. The first-order chi connectivity index (χ1) is 15.5. The number of nitrogens with zero attached hydrogens (tertiary/aromatic N) is 4. The van der Waals surface area contributed by atoms with E-state index in [2.05, 4.69) is 20.8 Å². The molecule has 5 rings (SSSR count). The molecule has 2 N–H and O–H groups in total. The van der Waals surface area contributed by atoms with Gasteiger partial charge in [-0.2, -0.15) is 0 Å². The lowest BCUT2D eigenvalue weighted by Crippen LogP contribution is -2.45. The van der Waals surface area contributed by atoms with Crippen LogP contribution in [0.2, 0.25) is 0 Å². The Morgan fingerprint density at radius 1 is 1.09 bits per heavy atom. The summed E-state index contributed by atoms with van der Waals surface area (Å²) in [5.74, 6) is -0.337. The van der Waals surface area contributed by atoms with Crippen molar-refractivity contribution in [1.29, 1.82) is 0 Å². The number of carbonyl (C=O) groups excluding carboxylic acids is 1. The molecule has 0 spiro atoms. The Balaban J connectivity index is 1.25. The molecule has 170 valence electrons. The van der Waals surface area contributed by atoms with Gasteiger partial charge in [0.25, 0.3) is 0 Å². The third kappa shape index (κ3) is 4.00. The van der Waals surface area contributed by atoms with Gasteiger partial charge in [0.2, 0.25) is 5.91 Å². The average Bonchev–Trinajstić information content (AvgIpc) is 3.54. The molecule has 3 fully saturated rings. The zero-order valence-electron chi connectivity index (χ0n) is 17.7. The maximum absolute atomic E-state index is 12.8. The van der Waals surface area contributed by atoms with E-state index in [0.717, 1.165) is 31.2 Å². The molecule has 2 aliphatic heterocycles. The van der Waals surface area contributed by atoms with E-state index in [1.807, 2.05) is 30.3 Å². The van der Waals surface area contributed by atoms with Gasteiger partial charge in [0.1, 0.15) is 18.2 Å². The van der Waals surface area contributed by atoms with Crippen molar-refractivity contribution in [2.24, 2.45) is 5.41 Å². The molecule has 1 aliphatic carbocycles. The number of fused-ring (bicyclic) bond motifs is 1. The van der Waals surface area contributed by atoms with E-state index in [9.17, 15) is 14.7 Å². The maximum atomic E-state index is 12.8. The Hall–Kier alpha value is -2.85. The van der Waals surface area contributed by atoms with Crippen LogP contribution in [0.15, 0.2) is 30.3 Å². The van der Waals surface area contributed by atoms with Gasteiger partial charge < -0.3 is 19.9 Å². The lowest BCUT2D eigenvalue weighted by atomic mass is 9.79. The SMILES string of the molecule is O=C(O)CC1(CC(=O)NC2COC3C2OCC3n2nnnc2-c2ccccc2)CCCC1. The number of ether oxygens (including phenoxy) is 2. The van der Waals surface area contributed by atoms with Crippen LogP contribution in [0.25, 0.3) is 11.4 Å². The summed E-state index contributed by atoms with van der Waals surface area (Å²) in [5.41, 5.74) is 0.467. The fourth-order valence-electron chi connectivity index (χ4n) is 5.47. The number of hydrogen-bond acceptors (Lipinski definition) is 7. The number of hydrogen-bond donors (Lipinski definition) is 2. The monoisotopic (exact) mass is 441 g/mol. The number of carboxylic acids is 1. The molecular weight excluding hydrogens is 414 g/mol. The molecule has 4 atom stereocenters. The van der Waals surface area contributed by atoms with Crippen LogP contribution in [-0.4, -0.2) is 68.7 Å². The highest BCUT2D eigenvalue weighted by Gasteiger charge is 2.50. The summed E-state index contributed by atoms with van der Waals surface area (Å²) >= 11 is 0. The van der Waals surface area contributed by atoms with Gasteiger partial charge in [-0.3, -0.25) is 9.59 Å². The molecule has 1 aromatic carbocycles. The van der Waals surface area contributed by atoms with Crippen molar-refractivity contribution in [1.82, 2.24) is 25.5 Å². The summed E-state index contributed by atoms with van der Waals surface area (Å²) in [6.45, 7) is 0.724. The van der Waals surface area contributed by atoms with E-state index in [1.54, 1.807) is 4.68 Å². The fraction of sp³-hybridized carbons (Fsp3) is 0.591. The molecule has 1 aromatic heterocycles. The van der Waals surface area contributed by atoms with Crippen molar-refractivity contribution >= 4 is 11.9 Å². The molecule has 2 aromatic rings. The topological polar surface area (TPSA) is 128 Å². The maximum Gasteiger partial charge on any atom is 0.303 e. The number of carbonyl (C=O) groups is 2. The van der Waals surface area contributed by atoms with Crippen LogP contribution in [0.3, 0.4) is 0 Å². The summed E-state index contributed by atoms with van der Waals surface area (Å²) < 4.78 is 13.8. The Kier molecular flexibility index (Phi) is 5.64. The van der Waals surface area contributed by atoms with E-state index in [4.69, 9.17) is 9.47 Å². The minimum atomic E-state index is -0.846. The smallest absolute Gasteiger partial charge is 0.303 e. The van der Waals surface area contributed by atoms with Gasteiger partial charge in [-0.15, -0.1) is 5.10 Å². The van der Waals surface area contributed by atoms with Gasteiger partial charge in [0, 0.05) is 12.0 Å². The first-order valence-corrected chi connectivity index (χ1v) is 11.1. The Labute approximate surface area is 185 Å². The Morgan fingerprint density at radius 2 is 1.84 bits per heavy atom.